The van der Waals surface area contributed by atoms with Gasteiger partial charge in [-0.3, -0.25) is 0 Å². The highest BCUT2D eigenvalue weighted by Gasteiger charge is 2.47. The lowest BCUT2D eigenvalue weighted by Gasteiger charge is -2.50. The van der Waals surface area contributed by atoms with E-state index in [0.717, 1.165) is 0 Å². The zero-order chi connectivity index (χ0) is 12.8. The van der Waals surface area contributed by atoms with Crippen molar-refractivity contribution in [2.24, 2.45) is 11.1 Å². The van der Waals surface area contributed by atoms with Crippen LogP contribution in [0.2, 0.25) is 0 Å². The van der Waals surface area contributed by atoms with Crippen molar-refractivity contribution in [3.8, 4) is 0 Å². The molecule has 4 N–H and O–H groups in total. The van der Waals surface area contributed by atoms with Gasteiger partial charge in [-0.25, -0.2) is 18.1 Å². The maximum absolute atomic E-state index is 12.0. The molecule has 0 radical (unpaired) electrons. The largest absolute Gasteiger partial charge is 0.332 e. The molecule has 6 nitrogen and oxygen atoms in total. The predicted octanol–water partition coefficient (Wildman–Crippen LogP) is 0.122. The van der Waals surface area contributed by atoms with Gasteiger partial charge >= 0.3 is 0 Å². The number of aromatic nitrogens is 2. The Morgan fingerprint density at radius 2 is 2.24 bits per heavy atom. The molecule has 2 atom stereocenters. The van der Waals surface area contributed by atoms with Gasteiger partial charge in [-0.1, -0.05) is 13.8 Å². The minimum Gasteiger partial charge on any atom is -0.332 e. The molecular formula is C10H18N4O2S. The third-order valence-electron chi connectivity index (χ3n) is 3.61. The molecule has 96 valence electrons. The fourth-order valence-corrected chi connectivity index (χ4v) is 3.32. The van der Waals surface area contributed by atoms with Crippen molar-refractivity contribution in [2.75, 3.05) is 0 Å². The Labute approximate surface area is 101 Å². The van der Waals surface area contributed by atoms with Gasteiger partial charge in [0.1, 0.15) is 5.82 Å². The van der Waals surface area contributed by atoms with Gasteiger partial charge in [0.15, 0.2) is 5.03 Å². The van der Waals surface area contributed by atoms with Crippen molar-refractivity contribution in [1.82, 2.24) is 14.7 Å². The van der Waals surface area contributed by atoms with E-state index in [1.807, 2.05) is 13.8 Å². The molecule has 1 heterocycles. The number of hydrogen-bond donors (Lipinski definition) is 3. The van der Waals surface area contributed by atoms with Gasteiger partial charge in [-0.05, 0) is 18.8 Å². The zero-order valence-corrected chi connectivity index (χ0v) is 11.0. The van der Waals surface area contributed by atoms with Gasteiger partial charge in [0.25, 0.3) is 10.0 Å². The second-order valence-electron chi connectivity index (χ2n) is 5.17. The fourth-order valence-electron chi connectivity index (χ4n) is 1.94. The van der Waals surface area contributed by atoms with Crippen LogP contribution in [0.1, 0.15) is 26.1 Å². The molecule has 2 rings (SSSR count). The minimum atomic E-state index is -3.52. The second-order valence-corrected chi connectivity index (χ2v) is 6.85. The SMILES string of the molecule is Cc1ncc(S(=O)(=O)NC2CC(N)C2(C)C)[nH]1. The molecule has 17 heavy (non-hydrogen) atoms. The van der Waals surface area contributed by atoms with E-state index in [2.05, 4.69) is 14.7 Å². The highest BCUT2D eigenvalue weighted by molar-refractivity contribution is 7.89. The average Bonchev–Trinajstić information content (AvgIpc) is 2.65. The van der Waals surface area contributed by atoms with Crippen LogP contribution in [0.15, 0.2) is 11.2 Å². The molecule has 0 aliphatic heterocycles. The molecule has 1 aliphatic rings. The van der Waals surface area contributed by atoms with E-state index in [-0.39, 0.29) is 22.5 Å². The summed E-state index contributed by atoms with van der Waals surface area (Å²) in [6, 6.07) is -0.0789. The van der Waals surface area contributed by atoms with Gasteiger partial charge < -0.3 is 10.7 Å². The number of nitrogens with one attached hydrogen (secondary N) is 2. The third kappa shape index (κ3) is 2.10. The first kappa shape index (κ1) is 12.5. The summed E-state index contributed by atoms with van der Waals surface area (Å²) in [4.78, 5) is 6.60. The number of aryl methyl sites for hydroxylation is 1. The number of nitrogens with zero attached hydrogens (tertiary/aromatic N) is 1. The molecule has 1 aliphatic carbocycles. The summed E-state index contributed by atoms with van der Waals surface area (Å²) in [6.07, 6.45) is 1.99. The van der Waals surface area contributed by atoms with Crippen molar-refractivity contribution in [1.29, 1.82) is 0 Å². The Hall–Kier alpha value is -0.920. The summed E-state index contributed by atoms with van der Waals surface area (Å²) in [5.74, 6) is 0.579. The summed E-state index contributed by atoms with van der Waals surface area (Å²) in [6.45, 7) is 5.64. The Morgan fingerprint density at radius 3 is 2.65 bits per heavy atom. The standard InChI is InChI=1S/C10H18N4O2S/c1-6-12-5-9(13-6)17(15,16)14-8-4-7(11)10(8,2)3/h5,7-8,14H,4,11H2,1-3H3,(H,12,13). The highest BCUT2D eigenvalue weighted by Crippen LogP contribution is 2.39. The lowest BCUT2D eigenvalue weighted by atomic mass is 9.64. The van der Waals surface area contributed by atoms with Crippen LogP contribution in [0.25, 0.3) is 0 Å². The van der Waals surface area contributed by atoms with E-state index in [4.69, 9.17) is 5.73 Å². The lowest BCUT2D eigenvalue weighted by molar-refractivity contribution is 0.0903. The van der Waals surface area contributed by atoms with Gasteiger partial charge in [0.05, 0.1) is 6.20 Å². The average molecular weight is 258 g/mol. The maximum atomic E-state index is 12.0. The van der Waals surface area contributed by atoms with Crippen LogP contribution in [-0.4, -0.2) is 30.5 Å². The van der Waals surface area contributed by atoms with Crippen LogP contribution in [0.5, 0.6) is 0 Å². The first-order chi connectivity index (χ1) is 7.73. The molecule has 0 amide bonds. The third-order valence-corrected chi connectivity index (χ3v) is 4.99. The summed E-state index contributed by atoms with van der Waals surface area (Å²) < 4.78 is 26.7. The zero-order valence-electron chi connectivity index (χ0n) is 10.2. The molecule has 1 fully saturated rings. The van der Waals surface area contributed by atoms with E-state index >= 15 is 0 Å². The molecule has 0 bridgehead atoms. The predicted molar refractivity (Wildman–Crippen MR) is 63.8 cm³/mol. The molecule has 1 aromatic rings. The van der Waals surface area contributed by atoms with E-state index in [1.165, 1.54) is 6.20 Å². The Balaban J connectivity index is 2.15. The first-order valence-corrected chi connectivity index (χ1v) is 7.01. The van der Waals surface area contributed by atoms with Gasteiger partial charge in [0, 0.05) is 12.1 Å². The van der Waals surface area contributed by atoms with Crippen LogP contribution in [0.4, 0.5) is 0 Å². The number of sulfonamides is 1. The molecule has 1 saturated carbocycles. The summed E-state index contributed by atoms with van der Waals surface area (Å²) in [7, 11) is -3.52. The minimum absolute atomic E-state index is 0.0405. The second kappa shape index (κ2) is 3.79. The number of imidazole rings is 1. The molecule has 0 aromatic carbocycles. The topological polar surface area (TPSA) is 101 Å². The smallest absolute Gasteiger partial charge is 0.257 e. The molecule has 7 heteroatoms. The Bertz CT molecular complexity index is 520. The van der Waals surface area contributed by atoms with Crippen LogP contribution in [0, 0.1) is 12.3 Å². The van der Waals surface area contributed by atoms with Crippen LogP contribution < -0.4 is 10.5 Å². The van der Waals surface area contributed by atoms with Crippen LogP contribution >= 0.6 is 0 Å². The normalized spacial score (nSPS) is 27.8. The van der Waals surface area contributed by atoms with E-state index < -0.39 is 10.0 Å². The summed E-state index contributed by atoms with van der Waals surface area (Å²) in [5, 5.41) is 0.103. The van der Waals surface area contributed by atoms with Crippen molar-refractivity contribution < 1.29 is 8.42 Å². The number of aromatic amines is 1. The van der Waals surface area contributed by atoms with E-state index in [9.17, 15) is 8.42 Å². The number of hydrogen-bond acceptors (Lipinski definition) is 4. The van der Waals surface area contributed by atoms with E-state index in [1.54, 1.807) is 6.92 Å². The molecule has 0 spiro atoms. The number of H-pyrrole nitrogens is 1. The summed E-state index contributed by atoms with van der Waals surface area (Å²) in [5.41, 5.74) is 5.65. The molecular weight excluding hydrogens is 240 g/mol. The molecule has 2 unspecified atom stereocenters. The maximum Gasteiger partial charge on any atom is 0.257 e. The van der Waals surface area contributed by atoms with Crippen LogP contribution in [-0.2, 0) is 10.0 Å². The molecule has 0 saturated heterocycles. The van der Waals surface area contributed by atoms with Crippen molar-refractivity contribution >= 4 is 10.0 Å². The van der Waals surface area contributed by atoms with Crippen LogP contribution in [0.3, 0.4) is 0 Å². The highest BCUT2D eigenvalue weighted by atomic mass is 32.2. The van der Waals surface area contributed by atoms with Crippen molar-refractivity contribution in [2.45, 2.75) is 44.3 Å². The van der Waals surface area contributed by atoms with Crippen molar-refractivity contribution in [3.05, 3.63) is 12.0 Å². The quantitative estimate of drug-likeness (QED) is 0.717. The van der Waals surface area contributed by atoms with Gasteiger partial charge in [-0.2, -0.15) is 0 Å². The molecule has 1 aromatic heterocycles. The van der Waals surface area contributed by atoms with E-state index in [0.29, 0.717) is 12.2 Å². The number of rotatable bonds is 3. The lowest BCUT2D eigenvalue weighted by Crippen LogP contribution is -2.64. The van der Waals surface area contributed by atoms with Crippen molar-refractivity contribution in [3.63, 3.8) is 0 Å². The Morgan fingerprint density at radius 1 is 1.59 bits per heavy atom. The van der Waals surface area contributed by atoms with Gasteiger partial charge in [-0.15, -0.1) is 0 Å². The number of nitrogens with two attached hydrogens (primary N) is 1. The monoisotopic (exact) mass is 258 g/mol. The summed E-state index contributed by atoms with van der Waals surface area (Å²) >= 11 is 0. The first-order valence-electron chi connectivity index (χ1n) is 5.53. The van der Waals surface area contributed by atoms with Gasteiger partial charge in [0.2, 0.25) is 0 Å². The Kier molecular flexibility index (Phi) is 2.80. The fraction of sp³-hybridized carbons (Fsp3) is 0.700.